The minimum Gasteiger partial charge on any atom is -0.502 e. The fraction of sp³-hybridized carbons (Fsp3) is 0.278. The number of benzene rings is 2. The van der Waals surface area contributed by atoms with Crippen LogP contribution in [0.15, 0.2) is 47.5 Å². The van der Waals surface area contributed by atoms with Crippen molar-refractivity contribution in [2.75, 3.05) is 26.3 Å². The number of morpholine rings is 1. The van der Waals surface area contributed by atoms with Crippen molar-refractivity contribution in [2.24, 2.45) is 4.99 Å². The average molecular weight is 341 g/mol. The molecule has 0 radical (unpaired) electrons. The number of hydrogen-bond acceptors (Lipinski definition) is 6. The van der Waals surface area contributed by atoms with Gasteiger partial charge in [0.1, 0.15) is 0 Å². The Labute approximate surface area is 145 Å². The molecule has 7 heteroatoms. The third-order valence-corrected chi connectivity index (χ3v) is 4.04. The summed E-state index contributed by atoms with van der Waals surface area (Å²) in [5, 5.41) is 20.8. The van der Waals surface area contributed by atoms with E-state index >= 15 is 0 Å². The number of phenols is 1. The van der Waals surface area contributed by atoms with Gasteiger partial charge in [-0.15, -0.1) is 0 Å². The van der Waals surface area contributed by atoms with E-state index in [9.17, 15) is 15.2 Å². The first-order chi connectivity index (χ1) is 12.1. The summed E-state index contributed by atoms with van der Waals surface area (Å²) in [4.78, 5) is 16.8. The van der Waals surface area contributed by atoms with Crippen LogP contribution in [0.5, 0.6) is 5.75 Å². The molecule has 0 atom stereocenters. The SMILES string of the molecule is O=[N+]([O-])c1cccc(C=Nc2ccc(CN3CCOCC3)cc2)c1O. The summed E-state index contributed by atoms with van der Waals surface area (Å²) in [6.07, 6.45) is 1.43. The number of nitro benzene ring substituents is 1. The summed E-state index contributed by atoms with van der Waals surface area (Å²) in [7, 11) is 0. The van der Waals surface area contributed by atoms with Crippen LogP contribution >= 0.6 is 0 Å². The van der Waals surface area contributed by atoms with Gasteiger partial charge in [-0.2, -0.15) is 0 Å². The monoisotopic (exact) mass is 341 g/mol. The first kappa shape index (κ1) is 17.1. The third kappa shape index (κ3) is 4.40. The van der Waals surface area contributed by atoms with Crippen molar-refractivity contribution < 1.29 is 14.8 Å². The van der Waals surface area contributed by atoms with Crippen molar-refractivity contribution in [3.05, 3.63) is 63.7 Å². The molecule has 0 aromatic heterocycles. The van der Waals surface area contributed by atoms with Crippen LogP contribution in [0, 0.1) is 10.1 Å². The molecule has 2 aromatic rings. The highest BCUT2D eigenvalue weighted by Crippen LogP contribution is 2.28. The maximum Gasteiger partial charge on any atom is 0.311 e. The summed E-state index contributed by atoms with van der Waals surface area (Å²) in [5.41, 5.74) is 1.90. The van der Waals surface area contributed by atoms with Gasteiger partial charge in [-0.05, 0) is 23.8 Å². The van der Waals surface area contributed by atoms with Gasteiger partial charge in [0.15, 0.2) is 0 Å². The zero-order valence-corrected chi connectivity index (χ0v) is 13.7. The number of aliphatic imine (C=N–C) groups is 1. The van der Waals surface area contributed by atoms with Gasteiger partial charge < -0.3 is 9.84 Å². The lowest BCUT2D eigenvalue weighted by Gasteiger charge is -2.26. The molecule has 1 saturated heterocycles. The molecule has 0 bridgehead atoms. The second-order valence-electron chi connectivity index (χ2n) is 5.79. The fourth-order valence-corrected chi connectivity index (χ4v) is 2.65. The summed E-state index contributed by atoms with van der Waals surface area (Å²) in [6, 6.07) is 12.2. The lowest BCUT2D eigenvalue weighted by molar-refractivity contribution is -0.385. The summed E-state index contributed by atoms with van der Waals surface area (Å²) in [6.45, 7) is 4.29. The van der Waals surface area contributed by atoms with Gasteiger partial charge in [0.25, 0.3) is 0 Å². The van der Waals surface area contributed by atoms with E-state index in [4.69, 9.17) is 4.74 Å². The van der Waals surface area contributed by atoms with Gasteiger partial charge in [-0.3, -0.25) is 20.0 Å². The number of nitro groups is 1. The minimum absolute atomic E-state index is 0.312. The molecule has 0 spiro atoms. The molecule has 0 saturated carbocycles. The predicted octanol–water partition coefficient (Wildman–Crippen LogP) is 2.88. The third-order valence-electron chi connectivity index (χ3n) is 4.04. The van der Waals surface area contributed by atoms with Crippen LogP contribution in [0.4, 0.5) is 11.4 Å². The summed E-state index contributed by atoms with van der Waals surface area (Å²) < 4.78 is 5.34. The molecule has 1 heterocycles. The molecule has 1 aliphatic heterocycles. The summed E-state index contributed by atoms with van der Waals surface area (Å²) >= 11 is 0. The van der Waals surface area contributed by atoms with Gasteiger partial charge in [0, 0.05) is 37.5 Å². The van der Waals surface area contributed by atoms with Crippen LogP contribution < -0.4 is 0 Å². The van der Waals surface area contributed by atoms with Crippen LogP contribution in [0.2, 0.25) is 0 Å². The Hall–Kier alpha value is -2.77. The van der Waals surface area contributed by atoms with Crippen LogP contribution in [-0.4, -0.2) is 47.4 Å². The number of hydrogen-bond donors (Lipinski definition) is 1. The van der Waals surface area contributed by atoms with Crippen molar-refractivity contribution >= 4 is 17.6 Å². The molecular formula is C18H19N3O4. The Kier molecular flexibility index (Phi) is 5.37. The Morgan fingerprint density at radius 2 is 1.92 bits per heavy atom. The molecule has 0 unspecified atom stereocenters. The molecule has 3 rings (SSSR count). The van der Waals surface area contributed by atoms with Gasteiger partial charge >= 0.3 is 5.69 Å². The minimum atomic E-state index is -0.618. The fourth-order valence-electron chi connectivity index (χ4n) is 2.65. The zero-order chi connectivity index (χ0) is 17.6. The van der Waals surface area contributed by atoms with E-state index < -0.39 is 4.92 Å². The zero-order valence-electron chi connectivity index (χ0n) is 13.7. The molecule has 2 aromatic carbocycles. The van der Waals surface area contributed by atoms with Crippen LogP contribution in [-0.2, 0) is 11.3 Å². The van der Waals surface area contributed by atoms with Crippen LogP contribution in [0.1, 0.15) is 11.1 Å². The Morgan fingerprint density at radius 1 is 1.20 bits per heavy atom. The van der Waals surface area contributed by atoms with Crippen molar-refractivity contribution in [2.45, 2.75) is 6.54 Å². The van der Waals surface area contributed by atoms with Crippen molar-refractivity contribution in [1.29, 1.82) is 0 Å². The quantitative estimate of drug-likeness (QED) is 0.513. The molecule has 1 aliphatic rings. The van der Waals surface area contributed by atoms with E-state index in [1.807, 2.05) is 24.3 Å². The first-order valence-electron chi connectivity index (χ1n) is 8.03. The molecule has 25 heavy (non-hydrogen) atoms. The first-order valence-corrected chi connectivity index (χ1v) is 8.03. The van der Waals surface area contributed by atoms with Crippen molar-refractivity contribution in [1.82, 2.24) is 4.90 Å². The molecule has 130 valence electrons. The Morgan fingerprint density at radius 3 is 2.60 bits per heavy atom. The van der Waals surface area contributed by atoms with E-state index in [1.54, 1.807) is 6.07 Å². The Bertz CT molecular complexity index is 768. The number of nitrogens with zero attached hydrogens (tertiary/aromatic N) is 3. The van der Waals surface area contributed by atoms with Gasteiger partial charge in [0.05, 0.1) is 23.8 Å². The highest BCUT2D eigenvalue weighted by atomic mass is 16.6. The standard InChI is InChI=1S/C18H19N3O4/c22-18-15(2-1-3-17(18)21(23)24)12-19-16-6-4-14(5-7-16)13-20-8-10-25-11-9-20/h1-7,12,22H,8-11,13H2. The molecule has 1 N–H and O–H groups in total. The van der Waals surface area contributed by atoms with Gasteiger partial charge in [0.2, 0.25) is 5.75 Å². The maximum atomic E-state index is 10.8. The predicted molar refractivity (Wildman–Crippen MR) is 94.6 cm³/mol. The van der Waals surface area contributed by atoms with Crippen molar-refractivity contribution in [3.63, 3.8) is 0 Å². The second kappa shape index (κ2) is 7.87. The van der Waals surface area contributed by atoms with E-state index in [1.165, 1.54) is 23.9 Å². The van der Waals surface area contributed by atoms with Crippen molar-refractivity contribution in [3.8, 4) is 5.75 Å². The number of aromatic hydroxyl groups is 1. The van der Waals surface area contributed by atoms with Gasteiger partial charge in [-0.1, -0.05) is 18.2 Å². The molecule has 0 amide bonds. The van der Waals surface area contributed by atoms with E-state index in [2.05, 4.69) is 9.89 Å². The highest BCUT2D eigenvalue weighted by molar-refractivity contribution is 5.87. The number of ether oxygens (including phenoxy) is 1. The van der Waals surface area contributed by atoms with Crippen LogP contribution in [0.3, 0.4) is 0 Å². The van der Waals surface area contributed by atoms with E-state index in [0.717, 1.165) is 38.5 Å². The summed E-state index contributed by atoms with van der Waals surface area (Å²) in [5.74, 6) is -0.375. The highest BCUT2D eigenvalue weighted by Gasteiger charge is 2.15. The van der Waals surface area contributed by atoms with Gasteiger partial charge in [-0.25, -0.2) is 0 Å². The topological polar surface area (TPSA) is 88.2 Å². The second-order valence-corrected chi connectivity index (χ2v) is 5.79. The maximum absolute atomic E-state index is 10.8. The average Bonchev–Trinajstić information content (AvgIpc) is 2.63. The Balaban J connectivity index is 1.68. The smallest absolute Gasteiger partial charge is 0.311 e. The molecule has 7 nitrogen and oxygen atoms in total. The molecule has 0 aliphatic carbocycles. The molecule has 1 fully saturated rings. The largest absolute Gasteiger partial charge is 0.502 e. The number of phenolic OH excluding ortho intramolecular Hbond substituents is 1. The normalized spacial score (nSPS) is 15.5. The van der Waals surface area contributed by atoms with Crippen LogP contribution in [0.25, 0.3) is 0 Å². The molecular weight excluding hydrogens is 322 g/mol. The van der Waals surface area contributed by atoms with E-state index in [-0.39, 0.29) is 11.4 Å². The number of para-hydroxylation sites is 1. The lowest BCUT2D eigenvalue weighted by atomic mass is 10.1. The van der Waals surface area contributed by atoms with E-state index in [0.29, 0.717) is 5.56 Å². The lowest BCUT2D eigenvalue weighted by Crippen LogP contribution is -2.35. The number of rotatable bonds is 5.